The first-order valence-electron chi connectivity index (χ1n) is 9.07. The van der Waals surface area contributed by atoms with Crippen LogP contribution in [0.4, 0.5) is 5.69 Å². The second-order valence-corrected chi connectivity index (χ2v) is 6.36. The molecule has 0 bridgehead atoms. The number of hydrogen-bond donors (Lipinski definition) is 1. The number of hydrogen-bond acceptors (Lipinski definition) is 6. The molecule has 0 atom stereocenters. The second-order valence-electron chi connectivity index (χ2n) is 6.36. The summed E-state index contributed by atoms with van der Waals surface area (Å²) in [7, 11) is 0. The summed E-state index contributed by atoms with van der Waals surface area (Å²) >= 11 is 0. The highest BCUT2D eigenvalue weighted by molar-refractivity contribution is 6.03. The van der Waals surface area contributed by atoms with Gasteiger partial charge in [0.25, 0.3) is 5.91 Å². The molecular weight excluding hydrogens is 380 g/mol. The predicted octanol–water partition coefficient (Wildman–Crippen LogP) is 3.89. The number of nitrogens with zero attached hydrogens (tertiary/aromatic N) is 5. The molecule has 4 aromatic rings. The topological polar surface area (TPSA) is 106 Å². The van der Waals surface area contributed by atoms with Gasteiger partial charge < -0.3 is 10.1 Å². The molecule has 0 radical (unpaired) electrons. The Balaban J connectivity index is 1.48. The van der Waals surface area contributed by atoms with Crippen molar-refractivity contribution in [2.45, 2.75) is 6.92 Å². The summed E-state index contributed by atoms with van der Waals surface area (Å²) in [5, 5.41) is 20.3. The summed E-state index contributed by atoms with van der Waals surface area (Å²) in [6.07, 6.45) is 2.97. The van der Waals surface area contributed by atoms with E-state index in [9.17, 15) is 4.79 Å². The number of benzene rings is 2. The molecule has 8 nitrogen and oxygen atoms in total. The van der Waals surface area contributed by atoms with Crippen LogP contribution in [0.3, 0.4) is 0 Å². The van der Waals surface area contributed by atoms with Crippen LogP contribution in [-0.2, 0) is 0 Å². The van der Waals surface area contributed by atoms with Crippen LogP contribution >= 0.6 is 0 Å². The van der Waals surface area contributed by atoms with Gasteiger partial charge in [-0.05, 0) is 55.0 Å². The Kier molecular flexibility index (Phi) is 5.17. The van der Waals surface area contributed by atoms with E-state index in [0.29, 0.717) is 17.0 Å². The Hall–Kier alpha value is -4.51. The van der Waals surface area contributed by atoms with Crippen molar-refractivity contribution < 1.29 is 9.53 Å². The second kappa shape index (κ2) is 8.24. The number of pyridine rings is 1. The van der Waals surface area contributed by atoms with Gasteiger partial charge >= 0.3 is 0 Å². The van der Waals surface area contributed by atoms with Crippen molar-refractivity contribution in [3.63, 3.8) is 0 Å². The van der Waals surface area contributed by atoms with E-state index < -0.39 is 0 Å². The van der Waals surface area contributed by atoms with Crippen LogP contribution in [0.25, 0.3) is 5.69 Å². The maximum atomic E-state index is 12.6. The highest BCUT2D eigenvalue weighted by Gasteiger charge is 2.14. The molecule has 0 unspecified atom stereocenters. The van der Waals surface area contributed by atoms with E-state index in [2.05, 4.69) is 20.5 Å². The molecular formula is C22H16N6O2. The monoisotopic (exact) mass is 396 g/mol. The predicted molar refractivity (Wildman–Crippen MR) is 110 cm³/mol. The molecule has 0 saturated heterocycles. The number of carbonyl (C=O) groups excluding carboxylic acids is 1. The number of amides is 1. The van der Waals surface area contributed by atoms with Crippen molar-refractivity contribution in [1.29, 1.82) is 5.26 Å². The molecule has 1 amide bonds. The number of nitrogens with one attached hydrogen (secondary N) is 1. The fourth-order valence-corrected chi connectivity index (χ4v) is 2.75. The lowest BCUT2D eigenvalue weighted by Crippen LogP contribution is -2.14. The minimum absolute atomic E-state index is 0.200. The largest absolute Gasteiger partial charge is 0.438 e. The number of carbonyl (C=O) groups is 1. The van der Waals surface area contributed by atoms with Gasteiger partial charge in [-0.2, -0.15) is 15.2 Å². The Labute approximate surface area is 172 Å². The first-order chi connectivity index (χ1) is 14.6. The minimum Gasteiger partial charge on any atom is -0.438 e. The van der Waals surface area contributed by atoms with E-state index in [-0.39, 0.29) is 17.5 Å². The number of para-hydroxylation sites is 1. The first-order valence-corrected chi connectivity index (χ1v) is 9.07. The molecule has 0 aliphatic rings. The summed E-state index contributed by atoms with van der Waals surface area (Å²) in [5.41, 5.74) is 2.70. The number of ether oxygens (including phenoxy) is 1. The van der Waals surface area contributed by atoms with Gasteiger partial charge in [-0.25, -0.2) is 4.98 Å². The average molecular weight is 396 g/mol. The van der Waals surface area contributed by atoms with Gasteiger partial charge in [-0.1, -0.05) is 18.2 Å². The molecule has 0 spiro atoms. The normalized spacial score (nSPS) is 10.3. The number of aromatic nitrogens is 4. The maximum absolute atomic E-state index is 12.6. The SMILES string of the molecule is Cc1cc(Oc2ncccc2C#N)ccc1NC(=O)c1cnn(-c2ccccc2)n1. The van der Waals surface area contributed by atoms with Gasteiger partial charge in [0, 0.05) is 11.9 Å². The standard InChI is InChI=1S/C22H16N6O2/c1-15-12-18(30-22-16(13-23)6-5-11-24-22)9-10-19(15)26-21(29)20-14-25-28(27-20)17-7-3-2-4-8-17/h2-12,14H,1H3,(H,26,29). The lowest BCUT2D eigenvalue weighted by Gasteiger charge is -2.10. The highest BCUT2D eigenvalue weighted by Crippen LogP contribution is 2.27. The van der Waals surface area contributed by atoms with Crippen LogP contribution in [0, 0.1) is 18.3 Å². The quantitative estimate of drug-likeness (QED) is 0.549. The van der Waals surface area contributed by atoms with Gasteiger partial charge in [-0.3, -0.25) is 4.79 Å². The summed E-state index contributed by atoms with van der Waals surface area (Å²) in [5.74, 6) is 0.370. The van der Waals surface area contributed by atoms with Crippen molar-refractivity contribution in [2.75, 3.05) is 5.32 Å². The summed E-state index contributed by atoms with van der Waals surface area (Å²) in [4.78, 5) is 18.0. The van der Waals surface area contributed by atoms with E-state index >= 15 is 0 Å². The lowest BCUT2D eigenvalue weighted by atomic mass is 10.2. The van der Waals surface area contributed by atoms with Gasteiger partial charge in [0.05, 0.1) is 11.9 Å². The molecule has 2 aromatic heterocycles. The van der Waals surface area contributed by atoms with Crippen LogP contribution in [0.1, 0.15) is 21.6 Å². The molecule has 0 fully saturated rings. The van der Waals surface area contributed by atoms with Crippen molar-refractivity contribution in [3.05, 3.63) is 89.9 Å². The zero-order chi connectivity index (χ0) is 20.9. The van der Waals surface area contributed by atoms with E-state index in [1.54, 1.807) is 36.5 Å². The third kappa shape index (κ3) is 4.00. The molecule has 2 heterocycles. The van der Waals surface area contributed by atoms with Crippen molar-refractivity contribution in [2.24, 2.45) is 0 Å². The minimum atomic E-state index is -0.370. The van der Waals surface area contributed by atoms with Gasteiger partial charge in [0.2, 0.25) is 5.88 Å². The van der Waals surface area contributed by atoms with Gasteiger partial charge in [0.1, 0.15) is 17.4 Å². The number of nitriles is 1. The molecule has 30 heavy (non-hydrogen) atoms. The van der Waals surface area contributed by atoms with Gasteiger partial charge in [0.15, 0.2) is 5.69 Å². The third-order valence-corrected chi connectivity index (χ3v) is 4.26. The van der Waals surface area contributed by atoms with Gasteiger partial charge in [-0.15, -0.1) is 5.10 Å². The summed E-state index contributed by atoms with van der Waals surface area (Å²) < 4.78 is 5.71. The van der Waals surface area contributed by atoms with E-state index in [4.69, 9.17) is 10.00 Å². The Morgan fingerprint density at radius 1 is 1.13 bits per heavy atom. The fourth-order valence-electron chi connectivity index (χ4n) is 2.75. The van der Waals surface area contributed by atoms with Crippen LogP contribution in [0.2, 0.25) is 0 Å². The molecule has 1 N–H and O–H groups in total. The molecule has 0 aliphatic heterocycles. The molecule has 0 saturated carbocycles. The van der Waals surface area contributed by atoms with Crippen molar-refractivity contribution in [3.8, 4) is 23.4 Å². The Morgan fingerprint density at radius 3 is 2.73 bits per heavy atom. The lowest BCUT2D eigenvalue weighted by molar-refractivity contribution is 0.102. The molecule has 2 aromatic carbocycles. The van der Waals surface area contributed by atoms with Crippen LogP contribution in [-0.4, -0.2) is 25.9 Å². The number of rotatable bonds is 5. The zero-order valence-electron chi connectivity index (χ0n) is 16.0. The Bertz CT molecular complexity index is 1240. The van der Waals surface area contributed by atoms with Crippen LogP contribution in [0.5, 0.6) is 11.6 Å². The van der Waals surface area contributed by atoms with Crippen LogP contribution in [0.15, 0.2) is 73.1 Å². The fraction of sp³-hybridized carbons (Fsp3) is 0.0455. The van der Waals surface area contributed by atoms with E-state index in [0.717, 1.165) is 11.3 Å². The van der Waals surface area contributed by atoms with E-state index in [1.807, 2.05) is 43.3 Å². The van der Waals surface area contributed by atoms with Crippen molar-refractivity contribution in [1.82, 2.24) is 20.0 Å². The first kappa shape index (κ1) is 18.8. The summed E-state index contributed by atoms with van der Waals surface area (Å²) in [6.45, 7) is 1.84. The van der Waals surface area contributed by atoms with E-state index in [1.165, 1.54) is 11.0 Å². The third-order valence-electron chi connectivity index (χ3n) is 4.26. The average Bonchev–Trinajstić information content (AvgIpc) is 3.27. The molecule has 0 aliphatic carbocycles. The maximum Gasteiger partial charge on any atom is 0.277 e. The number of anilines is 1. The van der Waals surface area contributed by atoms with Crippen molar-refractivity contribution >= 4 is 11.6 Å². The van der Waals surface area contributed by atoms with Crippen LogP contribution < -0.4 is 10.1 Å². The Morgan fingerprint density at radius 2 is 1.97 bits per heavy atom. The summed E-state index contributed by atoms with van der Waals surface area (Å²) in [6, 6.07) is 19.9. The number of aryl methyl sites for hydroxylation is 1. The smallest absolute Gasteiger partial charge is 0.277 e. The molecule has 146 valence electrons. The molecule has 8 heteroatoms. The molecule has 4 rings (SSSR count). The highest BCUT2D eigenvalue weighted by atomic mass is 16.5. The zero-order valence-corrected chi connectivity index (χ0v) is 16.0.